The molecule has 1 saturated heterocycles. The summed E-state index contributed by atoms with van der Waals surface area (Å²) in [6.07, 6.45) is 1.66. The molecule has 2 aromatic carbocycles. The van der Waals surface area contributed by atoms with Gasteiger partial charge in [-0.2, -0.15) is 8.42 Å². The van der Waals surface area contributed by atoms with E-state index in [0.29, 0.717) is 30.6 Å². The second kappa shape index (κ2) is 6.74. The molecule has 1 heterocycles. The SMILES string of the molecule is Cc1ccc(OS(=O)(=O)c2ccc(N3CCCC3=O)cc2)c2c1[C@H](C)CC2=O. The van der Waals surface area contributed by atoms with Crippen LogP contribution in [-0.4, -0.2) is 26.7 Å². The van der Waals surface area contributed by atoms with Crippen molar-refractivity contribution in [1.82, 2.24) is 0 Å². The number of hydrogen-bond acceptors (Lipinski definition) is 5. The molecule has 7 heteroatoms. The van der Waals surface area contributed by atoms with Crippen molar-refractivity contribution >= 4 is 27.5 Å². The minimum absolute atomic E-state index is 0.0179. The second-order valence-electron chi connectivity index (χ2n) is 7.38. The van der Waals surface area contributed by atoms with Gasteiger partial charge in [0.25, 0.3) is 0 Å². The van der Waals surface area contributed by atoms with E-state index < -0.39 is 10.1 Å². The lowest BCUT2D eigenvalue weighted by Gasteiger charge is -2.16. The third kappa shape index (κ3) is 3.09. The summed E-state index contributed by atoms with van der Waals surface area (Å²) in [7, 11) is -4.10. The van der Waals surface area contributed by atoms with Crippen LogP contribution in [0.1, 0.15) is 53.6 Å². The van der Waals surface area contributed by atoms with Crippen molar-refractivity contribution in [2.24, 2.45) is 0 Å². The summed E-state index contributed by atoms with van der Waals surface area (Å²) in [5.74, 6) is 0.0637. The molecule has 1 aliphatic heterocycles. The van der Waals surface area contributed by atoms with Crippen LogP contribution in [0.5, 0.6) is 5.75 Å². The Labute approximate surface area is 164 Å². The zero-order chi connectivity index (χ0) is 20.1. The summed E-state index contributed by atoms with van der Waals surface area (Å²) >= 11 is 0. The van der Waals surface area contributed by atoms with Gasteiger partial charge in [-0.15, -0.1) is 0 Å². The molecule has 146 valence electrons. The molecule has 0 saturated carbocycles. The van der Waals surface area contributed by atoms with Gasteiger partial charge >= 0.3 is 10.1 Å². The Balaban J connectivity index is 1.64. The van der Waals surface area contributed by atoms with Gasteiger partial charge in [-0.25, -0.2) is 0 Å². The van der Waals surface area contributed by atoms with E-state index in [-0.39, 0.29) is 28.3 Å². The lowest BCUT2D eigenvalue weighted by Crippen LogP contribution is -2.23. The van der Waals surface area contributed by atoms with E-state index in [1.807, 2.05) is 13.8 Å². The fourth-order valence-electron chi connectivity index (χ4n) is 4.06. The first-order valence-corrected chi connectivity index (χ1v) is 10.7. The Bertz CT molecular complexity index is 1070. The van der Waals surface area contributed by atoms with Crippen LogP contribution in [0.2, 0.25) is 0 Å². The van der Waals surface area contributed by atoms with Gasteiger partial charge < -0.3 is 9.08 Å². The summed E-state index contributed by atoms with van der Waals surface area (Å²) in [4.78, 5) is 25.8. The highest BCUT2D eigenvalue weighted by molar-refractivity contribution is 7.87. The molecule has 0 bridgehead atoms. The van der Waals surface area contributed by atoms with Gasteiger partial charge in [-0.05, 0) is 60.7 Å². The number of fused-ring (bicyclic) bond motifs is 1. The van der Waals surface area contributed by atoms with Gasteiger partial charge in [0, 0.05) is 25.1 Å². The number of carbonyl (C=O) groups excluding carboxylic acids is 2. The molecule has 0 spiro atoms. The highest BCUT2D eigenvalue weighted by atomic mass is 32.2. The zero-order valence-electron chi connectivity index (χ0n) is 15.8. The van der Waals surface area contributed by atoms with E-state index in [1.54, 1.807) is 29.2 Å². The van der Waals surface area contributed by atoms with Crippen LogP contribution >= 0.6 is 0 Å². The maximum Gasteiger partial charge on any atom is 0.339 e. The van der Waals surface area contributed by atoms with E-state index in [4.69, 9.17) is 4.18 Å². The number of anilines is 1. The number of hydrogen-bond donors (Lipinski definition) is 0. The summed E-state index contributed by atoms with van der Waals surface area (Å²) < 4.78 is 30.9. The lowest BCUT2D eigenvalue weighted by atomic mass is 9.98. The Morgan fingerprint density at radius 1 is 1.07 bits per heavy atom. The third-order valence-electron chi connectivity index (χ3n) is 5.40. The smallest absolute Gasteiger partial charge is 0.339 e. The molecular formula is C21H21NO5S. The van der Waals surface area contributed by atoms with Gasteiger partial charge in [0.15, 0.2) is 11.5 Å². The van der Waals surface area contributed by atoms with E-state index >= 15 is 0 Å². The fraction of sp³-hybridized carbons (Fsp3) is 0.333. The largest absolute Gasteiger partial charge is 0.378 e. The van der Waals surface area contributed by atoms with Gasteiger partial charge in [-0.1, -0.05) is 13.0 Å². The minimum atomic E-state index is -4.10. The molecule has 6 nitrogen and oxygen atoms in total. The number of amides is 1. The summed E-state index contributed by atoms with van der Waals surface area (Å²) in [6, 6.07) is 9.38. The molecule has 4 rings (SSSR count). The second-order valence-corrected chi connectivity index (χ2v) is 8.92. The van der Waals surface area contributed by atoms with Crippen LogP contribution in [-0.2, 0) is 14.9 Å². The maximum absolute atomic E-state index is 12.8. The number of Topliss-reactive ketones (excluding diaryl/α,β-unsaturated/α-hetero) is 1. The van der Waals surface area contributed by atoms with Crippen molar-refractivity contribution in [3.8, 4) is 5.75 Å². The van der Waals surface area contributed by atoms with Gasteiger partial charge in [0.1, 0.15) is 4.90 Å². The molecule has 0 aromatic heterocycles. The highest BCUT2D eigenvalue weighted by Crippen LogP contribution is 2.41. The van der Waals surface area contributed by atoms with E-state index in [2.05, 4.69) is 0 Å². The topological polar surface area (TPSA) is 80.8 Å². The van der Waals surface area contributed by atoms with E-state index in [0.717, 1.165) is 17.5 Å². The van der Waals surface area contributed by atoms with Crippen molar-refractivity contribution in [1.29, 1.82) is 0 Å². The third-order valence-corrected chi connectivity index (χ3v) is 6.65. The van der Waals surface area contributed by atoms with E-state index in [1.165, 1.54) is 12.1 Å². The quantitative estimate of drug-likeness (QED) is 0.734. The maximum atomic E-state index is 12.8. The Hall–Kier alpha value is -2.67. The number of rotatable bonds is 4. The number of benzene rings is 2. The molecule has 0 unspecified atom stereocenters. The van der Waals surface area contributed by atoms with Crippen LogP contribution in [0.4, 0.5) is 5.69 Å². The Kier molecular flexibility index (Phi) is 4.50. The van der Waals surface area contributed by atoms with E-state index in [9.17, 15) is 18.0 Å². The molecule has 1 aliphatic carbocycles. The molecule has 0 N–H and O–H groups in total. The van der Waals surface area contributed by atoms with Crippen molar-refractivity contribution in [3.05, 3.63) is 53.1 Å². The molecule has 2 aromatic rings. The lowest BCUT2D eigenvalue weighted by molar-refractivity contribution is -0.117. The molecule has 1 fully saturated rings. The first kappa shape index (κ1) is 18.7. The number of carbonyl (C=O) groups is 2. The van der Waals surface area contributed by atoms with Crippen molar-refractivity contribution in [2.75, 3.05) is 11.4 Å². The number of nitrogens with zero attached hydrogens (tertiary/aromatic N) is 1. The summed E-state index contributed by atoms with van der Waals surface area (Å²) in [6.45, 7) is 4.50. The monoisotopic (exact) mass is 399 g/mol. The Morgan fingerprint density at radius 3 is 2.43 bits per heavy atom. The molecule has 1 amide bonds. The summed E-state index contributed by atoms with van der Waals surface area (Å²) in [5.41, 5.74) is 2.86. The minimum Gasteiger partial charge on any atom is -0.378 e. The molecular weight excluding hydrogens is 378 g/mol. The van der Waals surface area contributed by atoms with Crippen LogP contribution in [0, 0.1) is 6.92 Å². The molecule has 0 radical (unpaired) electrons. The first-order chi connectivity index (χ1) is 13.3. The van der Waals surface area contributed by atoms with Gasteiger partial charge in [0.05, 0.1) is 5.56 Å². The predicted molar refractivity (Wildman–Crippen MR) is 104 cm³/mol. The summed E-state index contributed by atoms with van der Waals surface area (Å²) in [5, 5.41) is 0. The van der Waals surface area contributed by atoms with Crippen LogP contribution in [0.3, 0.4) is 0 Å². The standard InChI is InChI=1S/C21H21NO5S/c1-13-5-10-18(21-17(23)12-14(2)20(13)21)27-28(25,26)16-8-6-15(7-9-16)22-11-3-4-19(22)24/h5-10,14H,3-4,11-12H2,1-2H3/t14-/m1/s1. The van der Waals surface area contributed by atoms with Crippen LogP contribution < -0.4 is 9.08 Å². The highest BCUT2D eigenvalue weighted by Gasteiger charge is 2.33. The molecule has 2 aliphatic rings. The number of aryl methyl sites for hydroxylation is 1. The average molecular weight is 399 g/mol. The molecule has 28 heavy (non-hydrogen) atoms. The van der Waals surface area contributed by atoms with Gasteiger partial charge in [-0.3, -0.25) is 9.59 Å². The number of ketones is 1. The zero-order valence-corrected chi connectivity index (χ0v) is 16.6. The average Bonchev–Trinajstić information content (AvgIpc) is 3.21. The van der Waals surface area contributed by atoms with Crippen molar-refractivity contribution in [3.63, 3.8) is 0 Å². The first-order valence-electron chi connectivity index (χ1n) is 9.29. The van der Waals surface area contributed by atoms with Crippen LogP contribution in [0.25, 0.3) is 0 Å². The van der Waals surface area contributed by atoms with Gasteiger partial charge in [0.2, 0.25) is 5.91 Å². The van der Waals surface area contributed by atoms with Crippen molar-refractivity contribution < 1.29 is 22.2 Å². The Morgan fingerprint density at radius 2 is 1.79 bits per heavy atom. The normalized spacial score (nSPS) is 19.2. The van der Waals surface area contributed by atoms with Crippen molar-refractivity contribution in [2.45, 2.75) is 43.9 Å². The predicted octanol–water partition coefficient (Wildman–Crippen LogP) is 3.58. The molecule has 1 atom stereocenters. The van der Waals surface area contributed by atoms with Crippen LogP contribution in [0.15, 0.2) is 41.3 Å². The fourth-order valence-corrected chi connectivity index (χ4v) is 5.00.